The first-order chi connectivity index (χ1) is 7.44. The van der Waals surface area contributed by atoms with Crippen LogP contribution in [0, 0.1) is 0 Å². The van der Waals surface area contributed by atoms with Gasteiger partial charge in [0.25, 0.3) is 0 Å². The highest BCUT2D eigenvalue weighted by Crippen LogP contribution is 2.39. The van der Waals surface area contributed by atoms with Crippen molar-refractivity contribution in [1.82, 2.24) is 4.90 Å². The highest BCUT2D eigenvalue weighted by Gasteiger charge is 2.44. The molecule has 0 aromatic rings. The van der Waals surface area contributed by atoms with Gasteiger partial charge in [-0.3, -0.25) is 4.90 Å². The standard InChI is InChI=1S/C8H14FN.C2H6O2.C2H6/c1-8-3-2-4-10(8)6-7(9)5-8;1-2(3)4;1-2/h7H,2-6H2,1H3;2-4H,1H3;1-2H3. The lowest BCUT2D eigenvalue weighted by Gasteiger charge is -2.25. The molecule has 16 heavy (non-hydrogen) atoms. The van der Waals surface area contributed by atoms with Gasteiger partial charge >= 0.3 is 0 Å². The summed E-state index contributed by atoms with van der Waals surface area (Å²) in [6.45, 7) is 9.28. The van der Waals surface area contributed by atoms with E-state index in [0.717, 1.165) is 13.0 Å². The summed E-state index contributed by atoms with van der Waals surface area (Å²) in [7, 11) is 0. The van der Waals surface area contributed by atoms with E-state index in [1.807, 2.05) is 13.8 Å². The minimum atomic E-state index is -1.17. The van der Waals surface area contributed by atoms with Gasteiger partial charge in [-0.1, -0.05) is 13.8 Å². The number of halogens is 1. The molecule has 2 unspecified atom stereocenters. The summed E-state index contributed by atoms with van der Waals surface area (Å²) in [6, 6.07) is 0. The lowest BCUT2D eigenvalue weighted by Crippen LogP contribution is -2.34. The molecular weight excluding hydrogens is 209 g/mol. The van der Waals surface area contributed by atoms with Gasteiger partial charge in [0.05, 0.1) is 0 Å². The van der Waals surface area contributed by atoms with E-state index in [4.69, 9.17) is 10.2 Å². The molecule has 2 saturated heterocycles. The Morgan fingerprint density at radius 1 is 1.38 bits per heavy atom. The summed E-state index contributed by atoms with van der Waals surface area (Å²) in [6.07, 6.45) is 1.52. The Morgan fingerprint density at radius 2 is 1.88 bits per heavy atom. The summed E-state index contributed by atoms with van der Waals surface area (Å²) in [5.74, 6) is 0. The SMILES string of the molecule is CC.CC(O)O.CC12CCCN1CC(F)C2. The van der Waals surface area contributed by atoms with Gasteiger partial charge in [0.2, 0.25) is 0 Å². The summed E-state index contributed by atoms with van der Waals surface area (Å²) in [5.41, 5.74) is 0.236. The Labute approximate surface area is 98.3 Å². The molecule has 0 amide bonds. The largest absolute Gasteiger partial charge is 0.368 e. The molecule has 2 atom stereocenters. The van der Waals surface area contributed by atoms with Gasteiger partial charge < -0.3 is 10.2 Å². The molecule has 2 fully saturated rings. The first-order valence-corrected chi connectivity index (χ1v) is 6.19. The summed E-state index contributed by atoms with van der Waals surface area (Å²) >= 11 is 0. The van der Waals surface area contributed by atoms with Crippen LogP contribution in [-0.4, -0.2) is 46.2 Å². The van der Waals surface area contributed by atoms with Crippen LogP contribution in [0.5, 0.6) is 0 Å². The molecule has 0 aliphatic carbocycles. The fourth-order valence-corrected chi connectivity index (χ4v) is 2.40. The van der Waals surface area contributed by atoms with Crippen molar-refractivity contribution in [2.75, 3.05) is 13.1 Å². The Balaban J connectivity index is 0.000000323. The monoisotopic (exact) mass is 235 g/mol. The second kappa shape index (κ2) is 7.20. The van der Waals surface area contributed by atoms with E-state index >= 15 is 0 Å². The van der Waals surface area contributed by atoms with Crippen LogP contribution in [0.4, 0.5) is 4.39 Å². The highest BCUT2D eigenvalue weighted by atomic mass is 19.1. The molecule has 0 aromatic carbocycles. The van der Waals surface area contributed by atoms with Crippen LogP contribution >= 0.6 is 0 Å². The molecular formula is C12H26FNO2. The second-order valence-corrected chi connectivity index (χ2v) is 4.48. The Kier molecular flexibility index (Phi) is 7.11. The smallest absolute Gasteiger partial charge is 0.148 e. The van der Waals surface area contributed by atoms with Crippen LogP contribution in [0.1, 0.15) is 47.0 Å². The normalized spacial score (nSPS) is 32.6. The van der Waals surface area contributed by atoms with E-state index in [-0.39, 0.29) is 5.54 Å². The fraction of sp³-hybridized carbons (Fsp3) is 1.00. The van der Waals surface area contributed by atoms with Crippen LogP contribution in [0.25, 0.3) is 0 Å². The maximum absolute atomic E-state index is 12.8. The predicted molar refractivity (Wildman–Crippen MR) is 64.0 cm³/mol. The van der Waals surface area contributed by atoms with E-state index < -0.39 is 12.5 Å². The Bertz CT molecular complexity index is 187. The number of aliphatic hydroxyl groups is 2. The van der Waals surface area contributed by atoms with E-state index in [2.05, 4.69) is 11.8 Å². The molecule has 3 nitrogen and oxygen atoms in total. The number of hydrogen-bond donors (Lipinski definition) is 2. The first-order valence-electron chi connectivity index (χ1n) is 6.19. The van der Waals surface area contributed by atoms with Crippen LogP contribution < -0.4 is 0 Å². The second-order valence-electron chi connectivity index (χ2n) is 4.48. The third kappa shape index (κ3) is 4.76. The van der Waals surface area contributed by atoms with Gasteiger partial charge in [0.15, 0.2) is 0 Å². The molecule has 0 radical (unpaired) electrons. The van der Waals surface area contributed by atoms with Gasteiger partial charge in [-0.25, -0.2) is 4.39 Å². The number of aliphatic hydroxyl groups excluding tert-OH is 1. The van der Waals surface area contributed by atoms with E-state index in [9.17, 15) is 4.39 Å². The number of nitrogens with zero attached hydrogens (tertiary/aromatic N) is 1. The van der Waals surface area contributed by atoms with Crippen LogP contribution in [-0.2, 0) is 0 Å². The number of alkyl halides is 1. The van der Waals surface area contributed by atoms with Crippen molar-refractivity contribution in [3.8, 4) is 0 Å². The van der Waals surface area contributed by atoms with Crippen LogP contribution in [0.2, 0.25) is 0 Å². The van der Waals surface area contributed by atoms with Crippen molar-refractivity contribution in [3.05, 3.63) is 0 Å². The van der Waals surface area contributed by atoms with Crippen LogP contribution in [0.15, 0.2) is 0 Å². The average Bonchev–Trinajstić information content (AvgIpc) is 2.61. The van der Waals surface area contributed by atoms with Gasteiger partial charge in [0, 0.05) is 12.1 Å². The minimum absolute atomic E-state index is 0.236. The third-order valence-corrected chi connectivity index (χ3v) is 2.99. The molecule has 0 aromatic heterocycles. The summed E-state index contributed by atoms with van der Waals surface area (Å²) < 4.78 is 12.8. The Hall–Kier alpha value is -0.190. The maximum atomic E-state index is 12.8. The zero-order chi connectivity index (χ0) is 12.8. The number of hydrogen-bond acceptors (Lipinski definition) is 3. The third-order valence-electron chi connectivity index (χ3n) is 2.99. The van der Waals surface area contributed by atoms with Crippen molar-refractivity contribution in [2.24, 2.45) is 0 Å². The van der Waals surface area contributed by atoms with Crippen LogP contribution in [0.3, 0.4) is 0 Å². The minimum Gasteiger partial charge on any atom is -0.368 e. The zero-order valence-electron chi connectivity index (χ0n) is 10.9. The van der Waals surface area contributed by atoms with Gasteiger partial charge in [-0.2, -0.15) is 0 Å². The molecule has 0 spiro atoms. The fourth-order valence-electron chi connectivity index (χ4n) is 2.40. The van der Waals surface area contributed by atoms with Crippen molar-refractivity contribution in [1.29, 1.82) is 0 Å². The molecule has 2 heterocycles. The summed E-state index contributed by atoms with van der Waals surface area (Å²) in [5, 5.41) is 15.2. The van der Waals surface area contributed by atoms with E-state index in [1.54, 1.807) is 0 Å². The maximum Gasteiger partial charge on any atom is 0.148 e. The first kappa shape index (κ1) is 15.8. The van der Waals surface area contributed by atoms with Crippen molar-refractivity contribution in [2.45, 2.75) is 65.0 Å². The zero-order valence-corrected chi connectivity index (χ0v) is 10.9. The highest BCUT2D eigenvalue weighted by molar-refractivity contribution is 5.00. The molecule has 2 aliphatic rings. The molecule has 0 saturated carbocycles. The lowest BCUT2D eigenvalue weighted by atomic mass is 9.97. The molecule has 2 aliphatic heterocycles. The number of fused-ring (bicyclic) bond motifs is 1. The van der Waals surface area contributed by atoms with E-state index in [0.29, 0.717) is 6.54 Å². The van der Waals surface area contributed by atoms with Gasteiger partial charge in [-0.05, 0) is 39.7 Å². The molecule has 2 N–H and O–H groups in total. The summed E-state index contributed by atoms with van der Waals surface area (Å²) in [4.78, 5) is 2.30. The number of rotatable bonds is 0. The molecule has 98 valence electrons. The van der Waals surface area contributed by atoms with E-state index in [1.165, 1.54) is 19.8 Å². The van der Waals surface area contributed by atoms with Gasteiger partial charge in [0.1, 0.15) is 12.5 Å². The molecule has 4 heteroatoms. The lowest BCUT2D eigenvalue weighted by molar-refractivity contribution is -0.0228. The molecule has 0 bridgehead atoms. The topological polar surface area (TPSA) is 43.7 Å². The predicted octanol–water partition coefficient (Wildman–Crippen LogP) is 1.93. The quantitative estimate of drug-likeness (QED) is 0.631. The Morgan fingerprint density at radius 3 is 2.31 bits per heavy atom. The average molecular weight is 235 g/mol. The molecule has 2 rings (SSSR count). The van der Waals surface area contributed by atoms with Crippen molar-refractivity contribution < 1.29 is 14.6 Å². The van der Waals surface area contributed by atoms with Gasteiger partial charge in [-0.15, -0.1) is 0 Å². The van der Waals surface area contributed by atoms with Crippen molar-refractivity contribution >= 4 is 0 Å². The van der Waals surface area contributed by atoms with Crippen molar-refractivity contribution in [3.63, 3.8) is 0 Å².